The Morgan fingerprint density at radius 1 is 1.03 bits per heavy atom. The predicted octanol–water partition coefficient (Wildman–Crippen LogP) is 0.316. The Labute approximate surface area is 224 Å². The summed E-state index contributed by atoms with van der Waals surface area (Å²) in [5.41, 5.74) is 6.88. The van der Waals surface area contributed by atoms with Gasteiger partial charge in [-0.05, 0) is 24.2 Å². The summed E-state index contributed by atoms with van der Waals surface area (Å²) in [7, 11) is 1.13. The topological polar surface area (TPSA) is 177 Å². The molecule has 0 heterocycles. The Kier molecular flexibility index (Phi) is 15.1. The second-order valence-electron chi connectivity index (χ2n) is 10.2. The summed E-state index contributed by atoms with van der Waals surface area (Å²) in [5, 5.41) is 6.21. The van der Waals surface area contributed by atoms with Gasteiger partial charge in [-0.2, -0.15) is 0 Å². The van der Waals surface area contributed by atoms with Crippen LogP contribution in [0.25, 0.3) is 0 Å². The smallest absolute Gasteiger partial charge is 0.330 e. The number of nitrogens with one attached hydrogen (secondary N) is 3. The zero-order chi connectivity index (χ0) is 29.5. The van der Waals surface area contributed by atoms with Crippen molar-refractivity contribution in [3.63, 3.8) is 0 Å². The lowest BCUT2D eigenvalue weighted by molar-refractivity contribution is -0.141. The van der Waals surface area contributed by atoms with Gasteiger partial charge in [0.2, 0.25) is 17.7 Å². The quantitative estimate of drug-likeness (QED) is 0.0813. The summed E-state index contributed by atoms with van der Waals surface area (Å²) >= 11 is 0. The van der Waals surface area contributed by atoms with E-state index < -0.39 is 47.1 Å². The van der Waals surface area contributed by atoms with Crippen molar-refractivity contribution in [2.24, 2.45) is 17.1 Å². The van der Waals surface area contributed by atoms with Crippen LogP contribution in [0.5, 0.6) is 0 Å². The standard InChI is InChI=1S/C26H41N5O7/c1-8-9-10-11-20(33)29-23(26(4,5)6)25(37)28-18(16-17(2)3)24(36)30-31(15-14-19(27)32)21(34)12-13-22(35)38-7/h1,12-13,17-18,23H,9-11,14-16H2,2-7H3,(H2,27,32)(H,28,37)(H,29,33)(H,30,36)/b13-12+/t18-,23-/m1/s1. The highest BCUT2D eigenvalue weighted by molar-refractivity contribution is 5.97. The van der Waals surface area contributed by atoms with Crippen molar-refractivity contribution >= 4 is 35.5 Å². The molecule has 0 saturated heterocycles. The number of hydrogen-bond acceptors (Lipinski definition) is 7. The highest BCUT2D eigenvalue weighted by atomic mass is 16.5. The molecule has 5 N–H and O–H groups in total. The fraction of sp³-hybridized carbons (Fsp3) is 0.615. The van der Waals surface area contributed by atoms with Crippen LogP contribution in [-0.2, 0) is 33.5 Å². The van der Waals surface area contributed by atoms with Gasteiger partial charge in [0.1, 0.15) is 12.1 Å². The zero-order valence-corrected chi connectivity index (χ0v) is 23.1. The molecule has 0 spiro atoms. The van der Waals surface area contributed by atoms with E-state index >= 15 is 0 Å². The van der Waals surface area contributed by atoms with Crippen molar-refractivity contribution < 1.29 is 33.5 Å². The second-order valence-corrected chi connectivity index (χ2v) is 10.2. The van der Waals surface area contributed by atoms with Gasteiger partial charge in [0, 0.05) is 31.4 Å². The van der Waals surface area contributed by atoms with Crippen LogP contribution in [0.1, 0.15) is 66.7 Å². The number of rotatable bonds is 14. The average molecular weight is 536 g/mol. The number of amides is 5. The number of terminal acetylenes is 1. The summed E-state index contributed by atoms with van der Waals surface area (Å²) in [6.45, 7) is 8.73. The number of primary amides is 1. The minimum Gasteiger partial charge on any atom is -0.466 e. The molecule has 38 heavy (non-hydrogen) atoms. The minimum atomic E-state index is -1.08. The molecule has 2 atom stereocenters. The number of carbonyl (C=O) groups excluding carboxylic acids is 6. The van der Waals surface area contributed by atoms with Gasteiger partial charge in [-0.3, -0.25) is 29.4 Å². The molecular formula is C26H41N5O7. The van der Waals surface area contributed by atoms with Crippen molar-refractivity contribution in [1.29, 1.82) is 0 Å². The van der Waals surface area contributed by atoms with Gasteiger partial charge in [0.05, 0.1) is 13.7 Å². The normalized spacial score (nSPS) is 12.7. The number of nitrogens with two attached hydrogens (primary N) is 1. The molecule has 0 aliphatic rings. The van der Waals surface area contributed by atoms with E-state index in [4.69, 9.17) is 12.2 Å². The van der Waals surface area contributed by atoms with E-state index in [1.54, 1.807) is 20.8 Å². The third-order valence-corrected chi connectivity index (χ3v) is 5.15. The molecule has 212 valence electrons. The summed E-state index contributed by atoms with van der Waals surface area (Å²) in [5.74, 6) is -1.56. The zero-order valence-electron chi connectivity index (χ0n) is 23.1. The number of methoxy groups -OCH3 is 1. The summed E-state index contributed by atoms with van der Waals surface area (Å²) < 4.78 is 4.45. The number of ether oxygens (including phenoxy) is 1. The maximum Gasteiger partial charge on any atom is 0.330 e. The molecular weight excluding hydrogens is 494 g/mol. The van der Waals surface area contributed by atoms with E-state index in [0.29, 0.717) is 12.8 Å². The van der Waals surface area contributed by atoms with Crippen molar-refractivity contribution in [3.8, 4) is 12.3 Å². The van der Waals surface area contributed by atoms with E-state index in [9.17, 15) is 28.8 Å². The van der Waals surface area contributed by atoms with E-state index in [2.05, 4.69) is 26.7 Å². The van der Waals surface area contributed by atoms with Gasteiger partial charge in [0.15, 0.2) is 0 Å². The molecule has 0 aromatic heterocycles. The Bertz CT molecular complexity index is 931. The molecule has 0 fully saturated rings. The van der Waals surface area contributed by atoms with Crippen LogP contribution in [0.2, 0.25) is 0 Å². The monoisotopic (exact) mass is 535 g/mol. The maximum atomic E-state index is 13.3. The Morgan fingerprint density at radius 2 is 1.66 bits per heavy atom. The molecule has 0 aromatic carbocycles. The van der Waals surface area contributed by atoms with Crippen LogP contribution >= 0.6 is 0 Å². The lowest BCUT2D eigenvalue weighted by atomic mass is 9.85. The van der Waals surface area contributed by atoms with Gasteiger partial charge < -0.3 is 21.1 Å². The van der Waals surface area contributed by atoms with Crippen LogP contribution < -0.4 is 21.8 Å². The average Bonchev–Trinajstić information content (AvgIpc) is 2.81. The number of hydrazine groups is 1. The van der Waals surface area contributed by atoms with Gasteiger partial charge in [-0.25, -0.2) is 9.80 Å². The first-order valence-corrected chi connectivity index (χ1v) is 12.3. The predicted molar refractivity (Wildman–Crippen MR) is 140 cm³/mol. The lowest BCUT2D eigenvalue weighted by Crippen LogP contribution is -2.59. The summed E-state index contributed by atoms with van der Waals surface area (Å²) in [6.07, 6.45) is 7.94. The third kappa shape index (κ3) is 14.0. The lowest BCUT2D eigenvalue weighted by Gasteiger charge is -2.32. The van der Waals surface area contributed by atoms with Crippen LogP contribution in [0.4, 0.5) is 0 Å². The Hall–Kier alpha value is -3.88. The number of esters is 1. The molecule has 12 heteroatoms. The minimum absolute atomic E-state index is 0.0357. The number of hydrogen-bond donors (Lipinski definition) is 4. The fourth-order valence-electron chi connectivity index (χ4n) is 3.17. The number of nitrogens with zero attached hydrogens (tertiary/aromatic N) is 1. The Balaban J connectivity index is 5.78. The van der Waals surface area contributed by atoms with Crippen molar-refractivity contribution in [3.05, 3.63) is 12.2 Å². The maximum absolute atomic E-state index is 13.3. The van der Waals surface area contributed by atoms with Crippen molar-refractivity contribution in [2.75, 3.05) is 13.7 Å². The van der Waals surface area contributed by atoms with Crippen LogP contribution in [-0.4, -0.2) is 66.3 Å². The largest absolute Gasteiger partial charge is 0.466 e. The third-order valence-electron chi connectivity index (χ3n) is 5.15. The molecule has 0 aliphatic heterocycles. The van der Waals surface area contributed by atoms with Crippen LogP contribution in [0, 0.1) is 23.7 Å². The Morgan fingerprint density at radius 3 is 2.16 bits per heavy atom. The highest BCUT2D eigenvalue weighted by Gasteiger charge is 2.35. The SMILES string of the molecule is C#CCCCC(=O)N[C@H](C(=O)N[C@H](CC(C)C)C(=O)NN(CCC(N)=O)C(=O)/C=C/C(=O)OC)C(C)(C)C. The fourth-order valence-corrected chi connectivity index (χ4v) is 3.17. The number of carbonyl (C=O) groups is 6. The number of unbranched alkanes of at least 4 members (excludes halogenated alkanes) is 1. The second kappa shape index (κ2) is 16.8. The van der Waals surface area contributed by atoms with Gasteiger partial charge in [0.25, 0.3) is 11.8 Å². The summed E-state index contributed by atoms with van der Waals surface area (Å²) in [4.78, 5) is 74.0. The molecule has 0 radical (unpaired) electrons. The van der Waals surface area contributed by atoms with E-state index in [1.807, 2.05) is 13.8 Å². The van der Waals surface area contributed by atoms with Gasteiger partial charge in [-0.1, -0.05) is 34.6 Å². The van der Waals surface area contributed by atoms with Crippen molar-refractivity contribution in [2.45, 2.75) is 78.8 Å². The molecule has 12 nitrogen and oxygen atoms in total. The van der Waals surface area contributed by atoms with E-state index in [1.165, 1.54) is 0 Å². The highest BCUT2D eigenvalue weighted by Crippen LogP contribution is 2.20. The molecule has 0 saturated carbocycles. The molecule has 0 rings (SSSR count). The van der Waals surface area contributed by atoms with Gasteiger partial charge >= 0.3 is 5.97 Å². The van der Waals surface area contributed by atoms with E-state index in [0.717, 1.165) is 24.3 Å². The van der Waals surface area contributed by atoms with Crippen LogP contribution in [0.3, 0.4) is 0 Å². The molecule has 0 bridgehead atoms. The molecule has 0 aromatic rings. The summed E-state index contributed by atoms with van der Waals surface area (Å²) in [6, 6.07) is -2.04. The van der Waals surface area contributed by atoms with Gasteiger partial charge in [-0.15, -0.1) is 12.3 Å². The van der Waals surface area contributed by atoms with E-state index in [-0.39, 0.29) is 37.6 Å². The molecule has 0 unspecified atom stereocenters. The first-order valence-electron chi connectivity index (χ1n) is 12.3. The molecule has 0 aliphatic carbocycles. The first-order chi connectivity index (χ1) is 17.6. The van der Waals surface area contributed by atoms with Crippen molar-refractivity contribution in [1.82, 2.24) is 21.1 Å². The molecule has 5 amide bonds. The first kappa shape index (κ1) is 34.1. The van der Waals surface area contributed by atoms with Crippen LogP contribution in [0.15, 0.2) is 12.2 Å².